The van der Waals surface area contributed by atoms with Crippen LogP contribution in [0.25, 0.3) is 10.9 Å². The first-order valence-electron chi connectivity index (χ1n) is 7.65. The molecular formula is C16H22N4O2. The van der Waals surface area contributed by atoms with Gasteiger partial charge in [-0.25, -0.2) is 0 Å². The van der Waals surface area contributed by atoms with Crippen molar-refractivity contribution in [2.45, 2.75) is 38.3 Å². The van der Waals surface area contributed by atoms with Gasteiger partial charge in [0.05, 0.1) is 5.52 Å². The molecule has 6 nitrogen and oxygen atoms in total. The zero-order valence-electron chi connectivity index (χ0n) is 13.0. The Morgan fingerprint density at radius 1 is 1.41 bits per heavy atom. The first-order valence-corrected chi connectivity index (χ1v) is 7.65. The number of nitrogens with two attached hydrogens (primary N) is 1. The molecule has 1 aromatic heterocycles. The lowest BCUT2D eigenvalue weighted by atomic mass is 9.90. The summed E-state index contributed by atoms with van der Waals surface area (Å²) >= 11 is 0. The number of nitrogens with one attached hydrogen (secondary N) is 1. The van der Waals surface area contributed by atoms with Crippen molar-refractivity contribution in [3.05, 3.63) is 24.4 Å². The van der Waals surface area contributed by atoms with Crippen molar-refractivity contribution < 1.29 is 9.53 Å². The van der Waals surface area contributed by atoms with E-state index in [-0.39, 0.29) is 5.91 Å². The molecule has 0 unspecified atom stereocenters. The third-order valence-corrected chi connectivity index (χ3v) is 4.15. The summed E-state index contributed by atoms with van der Waals surface area (Å²) in [6, 6.07) is 6.01. The smallest absolute Gasteiger partial charge is 0.244 e. The van der Waals surface area contributed by atoms with Gasteiger partial charge in [-0.3, -0.25) is 9.48 Å². The van der Waals surface area contributed by atoms with E-state index in [1.807, 2.05) is 29.1 Å². The van der Waals surface area contributed by atoms with Gasteiger partial charge >= 0.3 is 0 Å². The van der Waals surface area contributed by atoms with E-state index in [0.717, 1.165) is 16.6 Å². The molecule has 2 heterocycles. The number of rotatable bonds is 3. The highest BCUT2D eigenvalue weighted by atomic mass is 16.5. The molecule has 1 aliphatic heterocycles. The van der Waals surface area contributed by atoms with Gasteiger partial charge in [-0.15, -0.1) is 0 Å². The van der Waals surface area contributed by atoms with Crippen LogP contribution < -0.4 is 11.1 Å². The van der Waals surface area contributed by atoms with Gasteiger partial charge in [-0.2, -0.15) is 5.10 Å². The van der Waals surface area contributed by atoms with Crippen LogP contribution in [0.5, 0.6) is 0 Å². The highest BCUT2D eigenvalue weighted by molar-refractivity contribution is 5.99. The molecular weight excluding hydrogens is 280 g/mol. The van der Waals surface area contributed by atoms with E-state index in [2.05, 4.69) is 24.3 Å². The van der Waals surface area contributed by atoms with Crippen LogP contribution in [0.3, 0.4) is 0 Å². The molecule has 1 amide bonds. The summed E-state index contributed by atoms with van der Waals surface area (Å²) in [7, 11) is 0. The van der Waals surface area contributed by atoms with E-state index in [1.54, 1.807) is 0 Å². The van der Waals surface area contributed by atoms with Crippen molar-refractivity contribution >= 4 is 22.5 Å². The van der Waals surface area contributed by atoms with Crippen molar-refractivity contribution in [1.29, 1.82) is 0 Å². The first kappa shape index (κ1) is 15.0. The summed E-state index contributed by atoms with van der Waals surface area (Å²) in [5.41, 5.74) is 7.02. The Bertz CT molecular complexity index is 687. The lowest BCUT2D eigenvalue weighted by Crippen LogP contribution is -2.54. The Labute approximate surface area is 129 Å². The molecule has 0 bridgehead atoms. The van der Waals surface area contributed by atoms with Gasteiger partial charge in [0.2, 0.25) is 5.91 Å². The molecule has 0 atom stereocenters. The molecule has 22 heavy (non-hydrogen) atoms. The molecule has 2 aromatic rings. The van der Waals surface area contributed by atoms with Gasteiger partial charge < -0.3 is 15.8 Å². The Balaban J connectivity index is 1.80. The van der Waals surface area contributed by atoms with Gasteiger partial charge in [-0.05, 0) is 44.9 Å². The van der Waals surface area contributed by atoms with Gasteiger partial charge in [0.25, 0.3) is 0 Å². The van der Waals surface area contributed by atoms with Gasteiger partial charge in [0.1, 0.15) is 5.54 Å². The van der Waals surface area contributed by atoms with E-state index in [0.29, 0.717) is 32.1 Å². The largest absolute Gasteiger partial charge is 0.381 e. The first-order chi connectivity index (χ1) is 10.5. The molecule has 3 N–H and O–H groups in total. The number of ether oxygens (including phenoxy) is 1. The number of hydrogen-bond acceptors (Lipinski definition) is 4. The third-order valence-electron chi connectivity index (χ3n) is 4.15. The molecule has 1 fully saturated rings. The van der Waals surface area contributed by atoms with E-state index in [4.69, 9.17) is 10.5 Å². The fourth-order valence-corrected chi connectivity index (χ4v) is 2.61. The summed E-state index contributed by atoms with van der Waals surface area (Å²) in [5, 5.41) is 8.43. The van der Waals surface area contributed by atoms with Crippen molar-refractivity contribution in [2.75, 3.05) is 18.5 Å². The fraction of sp³-hybridized carbons (Fsp3) is 0.500. The molecule has 0 spiro atoms. The number of amides is 1. The molecule has 3 rings (SSSR count). The predicted molar refractivity (Wildman–Crippen MR) is 85.7 cm³/mol. The summed E-state index contributed by atoms with van der Waals surface area (Å²) < 4.78 is 7.19. The monoisotopic (exact) mass is 302 g/mol. The maximum Gasteiger partial charge on any atom is 0.244 e. The average Bonchev–Trinajstić information content (AvgIpc) is 2.91. The molecule has 1 aromatic carbocycles. The van der Waals surface area contributed by atoms with Crippen LogP contribution in [-0.4, -0.2) is 34.4 Å². The number of carbonyl (C=O) groups excluding carboxylic acids is 1. The van der Waals surface area contributed by atoms with Crippen molar-refractivity contribution in [1.82, 2.24) is 9.78 Å². The summed E-state index contributed by atoms with van der Waals surface area (Å²) in [5.74, 6) is -0.147. The van der Waals surface area contributed by atoms with Crippen LogP contribution >= 0.6 is 0 Å². The molecule has 0 radical (unpaired) electrons. The number of hydrogen-bond donors (Lipinski definition) is 2. The Hall–Kier alpha value is -1.92. The maximum absolute atomic E-state index is 12.4. The second-order valence-corrected chi connectivity index (χ2v) is 6.20. The maximum atomic E-state index is 12.4. The lowest BCUT2D eigenvalue weighted by Gasteiger charge is -2.31. The minimum absolute atomic E-state index is 0.147. The molecule has 1 saturated heterocycles. The fourth-order valence-electron chi connectivity index (χ4n) is 2.61. The number of benzene rings is 1. The number of anilines is 1. The molecule has 1 aliphatic rings. The molecule has 118 valence electrons. The van der Waals surface area contributed by atoms with Crippen LogP contribution in [0.15, 0.2) is 24.4 Å². The van der Waals surface area contributed by atoms with Crippen LogP contribution in [0.1, 0.15) is 32.7 Å². The quantitative estimate of drug-likeness (QED) is 0.909. The summed E-state index contributed by atoms with van der Waals surface area (Å²) in [6.07, 6.45) is 3.08. The van der Waals surface area contributed by atoms with Crippen molar-refractivity contribution in [3.8, 4) is 0 Å². The Morgan fingerprint density at radius 3 is 2.82 bits per heavy atom. The van der Waals surface area contributed by atoms with E-state index < -0.39 is 5.54 Å². The van der Waals surface area contributed by atoms with E-state index >= 15 is 0 Å². The number of aromatic nitrogens is 2. The molecule has 6 heteroatoms. The number of nitrogens with zero attached hydrogens (tertiary/aromatic N) is 2. The minimum atomic E-state index is -0.838. The number of carbonyl (C=O) groups is 1. The van der Waals surface area contributed by atoms with Gasteiger partial charge in [0.15, 0.2) is 0 Å². The van der Waals surface area contributed by atoms with E-state index in [1.165, 1.54) is 0 Å². The van der Waals surface area contributed by atoms with Crippen molar-refractivity contribution in [3.63, 3.8) is 0 Å². The van der Waals surface area contributed by atoms with Crippen LogP contribution in [-0.2, 0) is 9.53 Å². The highest BCUT2D eigenvalue weighted by Gasteiger charge is 2.35. The second kappa shape index (κ2) is 5.70. The van der Waals surface area contributed by atoms with Gasteiger partial charge in [-0.1, -0.05) is 0 Å². The zero-order chi connectivity index (χ0) is 15.7. The lowest BCUT2D eigenvalue weighted by molar-refractivity contribution is -0.124. The Morgan fingerprint density at radius 2 is 2.14 bits per heavy atom. The van der Waals surface area contributed by atoms with Crippen LogP contribution in [0, 0.1) is 0 Å². The van der Waals surface area contributed by atoms with Crippen molar-refractivity contribution in [2.24, 2.45) is 5.73 Å². The molecule has 0 aliphatic carbocycles. The molecule has 0 saturated carbocycles. The standard InChI is InChI=1S/C16H22N4O2/c1-11(2)20-10-12-9-13(3-4-14(12)19-20)18-15(21)16(17)5-7-22-8-6-16/h3-4,9-11H,5-8,17H2,1-2H3,(H,18,21). The minimum Gasteiger partial charge on any atom is -0.381 e. The normalized spacial score (nSPS) is 17.8. The van der Waals surface area contributed by atoms with Crippen LogP contribution in [0.4, 0.5) is 5.69 Å². The SMILES string of the molecule is CC(C)n1cc2cc(NC(=O)C3(N)CCOCC3)ccc2n1. The van der Waals surface area contributed by atoms with Crippen LogP contribution in [0.2, 0.25) is 0 Å². The average molecular weight is 302 g/mol. The topological polar surface area (TPSA) is 82.2 Å². The highest BCUT2D eigenvalue weighted by Crippen LogP contribution is 2.23. The summed E-state index contributed by atoms with van der Waals surface area (Å²) in [6.45, 7) is 5.23. The predicted octanol–water partition coefficient (Wildman–Crippen LogP) is 2.06. The third kappa shape index (κ3) is 2.84. The van der Waals surface area contributed by atoms with Gasteiger partial charge in [0, 0.05) is 36.5 Å². The number of fused-ring (bicyclic) bond motifs is 1. The van der Waals surface area contributed by atoms with E-state index in [9.17, 15) is 4.79 Å². The second-order valence-electron chi connectivity index (χ2n) is 6.20. The summed E-state index contributed by atoms with van der Waals surface area (Å²) in [4.78, 5) is 12.4. The Kier molecular flexibility index (Phi) is 3.88. The zero-order valence-corrected chi connectivity index (χ0v) is 13.0.